The van der Waals surface area contributed by atoms with Crippen LogP contribution in [0.2, 0.25) is 0 Å². The number of hydrogen-bond donors (Lipinski definition) is 1. The van der Waals surface area contributed by atoms with E-state index in [1.165, 1.54) is 0 Å². The van der Waals surface area contributed by atoms with Crippen LogP contribution in [0.3, 0.4) is 0 Å². The van der Waals surface area contributed by atoms with Gasteiger partial charge in [-0.05, 0) is 27.4 Å². The maximum absolute atomic E-state index is 9.59. The van der Waals surface area contributed by atoms with Crippen molar-refractivity contribution in [3.63, 3.8) is 0 Å². The molecule has 0 saturated heterocycles. The number of phenols is 1. The van der Waals surface area contributed by atoms with E-state index < -0.39 is 0 Å². The summed E-state index contributed by atoms with van der Waals surface area (Å²) in [5, 5.41) is 13.6. The Hall–Kier alpha value is -0.800. The minimum atomic E-state index is 0.321. The Kier molecular flexibility index (Phi) is 2.38. The molecular weight excluding hydrogens is 248 g/mol. The van der Waals surface area contributed by atoms with Gasteiger partial charge in [-0.3, -0.25) is 0 Å². The molecule has 1 N–H and O–H groups in total. The fraction of sp³-hybridized carbons (Fsp3) is 0. The molecule has 3 heteroatoms. The summed E-state index contributed by atoms with van der Waals surface area (Å²) in [7, 11) is 0. The topological polar surface area (TPSA) is 20.2 Å². The second-order valence-electron chi connectivity index (χ2n) is 2.65. The molecule has 0 saturated carbocycles. The zero-order valence-corrected chi connectivity index (χ0v) is 9.10. The lowest BCUT2D eigenvalue weighted by atomic mass is 10.1. The Morgan fingerprint density at radius 3 is 2.46 bits per heavy atom. The molecular formula is C10H7BrOS. The number of para-hydroxylation sites is 1. The van der Waals surface area contributed by atoms with Crippen LogP contribution in [-0.4, -0.2) is 5.11 Å². The van der Waals surface area contributed by atoms with E-state index in [0.29, 0.717) is 5.75 Å². The van der Waals surface area contributed by atoms with E-state index in [2.05, 4.69) is 15.9 Å². The summed E-state index contributed by atoms with van der Waals surface area (Å²) in [6.07, 6.45) is 0. The van der Waals surface area contributed by atoms with Gasteiger partial charge in [0.2, 0.25) is 0 Å². The van der Waals surface area contributed by atoms with Crippen molar-refractivity contribution in [1.82, 2.24) is 0 Å². The molecule has 2 rings (SSSR count). The fourth-order valence-corrected chi connectivity index (χ4v) is 2.68. The molecule has 0 amide bonds. The highest BCUT2D eigenvalue weighted by molar-refractivity contribution is 9.10. The SMILES string of the molecule is Oc1ccccc1-c1cscc1Br. The predicted octanol–water partition coefficient (Wildman–Crippen LogP) is 3.88. The van der Waals surface area contributed by atoms with Crippen LogP contribution >= 0.6 is 27.3 Å². The monoisotopic (exact) mass is 254 g/mol. The van der Waals surface area contributed by atoms with Crippen LogP contribution in [-0.2, 0) is 0 Å². The van der Waals surface area contributed by atoms with E-state index in [1.54, 1.807) is 17.4 Å². The molecule has 13 heavy (non-hydrogen) atoms. The normalized spacial score (nSPS) is 10.2. The molecule has 0 aliphatic rings. The highest BCUT2D eigenvalue weighted by atomic mass is 79.9. The van der Waals surface area contributed by atoms with E-state index in [0.717, 1.165) is 15.6 Å². The van der Waals surface area contributed by atoms with Gasteiger partial charge in [-0.2, -0.15) is 11.3 Å². The van der Waals surface area contributed by atoms with Gasteiger partial charge in [0, 0.05) is 21.0 Å². The second-order valence-corrected chi connectivity index (χ2v) is 4.25. The number of aromatic hydroxyl groups is 1. The lowest BCUT2D eigenvalue weighted by Crippen LogP contribution is -1.75. The zero-order valence-electron chi connectivity index (χ0n) is 6.70. The minimum Gasteiger partial charge on any atom is -0.507 e. The van der Waals surface area contributed by atoms with Crippen LogP contribution in [0, 0.1) is 0 Å². The number of thiophene rings is 1. The van der Waals surface area contributed by atoms with Gasteiger partial charge in [0.05, 0.1) is 0 Å². The molecule has 66 valence electrons. The molecule has 0 atom stereocenters. The van der Waals surface area contributed by atoms with Crippen molar-refractivity contribution in [3.8, 4) is 16.9 Å². The number of benzene rings is 1. The average Bonchev–Trinajstić information content (AvgIpc) is 2.52. The van der Waals surface area contributed by atoms with Crippen molar-refractivity contribution in [1.29, 1.82) is 0 Å². The van der Waals surface area contributed by atoms with Gasteiger partial charge in [-0.1, -0.05) is 18.2 Å². The van der Waals surface area contributed by atoms with E-state index >= 15 is 0 Å². The van der Waals surface area contributed by atoms with Crippen molar-refractivity contribution < 1.29 is 5.11 Å². The van der Waals surface area contributed by atoms with Gasteiger partial charge in [0.1, 0.15) is 5.75 Å². The van der Waals surface area contributed by atoms with Gasteiger partial charge in [-0.25, -0.2) is 0 Å². The maximum atomic E-state index is 9.59. The molecule has 0 aliphatic heterocycles. The van der Waals surface area contributed by atoms with Crippen molar-refractivity contribution in [2.24, 2.45) is 0 Å². The lowest BCUT2D eigenvalue weighted by molar-refractivity contribution is 0.477. The van der Waals surface area contributed by atoms with Gasteiger partial charge in [0.25, 0.3) is 0 Å². The fourth-order valence-electron chi connectivity index (χ4n) is 1.18. The van der Waals surface area contributed by atoms with Crippen LogP contribution in [0.15, 0.2) is 39.5 Å². The number of phenolic OH excluding ortho intramolecular Hbond substituents is 1. The summed E-state index contributed by atoms with van der Waals surface area (Å²) in [4.78, 5) is 0. The zero-order chi connectivity index (χ0) is 9.26. The number of halogens is 1. The van der Waals surface area contributed by atoms with E-state index in [4.69, 9.17) is 0 Å². The molecule has 0 unspecified atom stereocenters. The highest BCUT2D eigenvalue weighted by Crippen LogP contribution is 2.36. The van der Waals surface area contributed by atoms with Crippen molar-refractivity contribution >= 4 is 27.3 Å². The highest BCUT2D eigenvalue weighted by Gasteiger charge is 2.07. The summed E-state index contributed by atoms with van der Waals surface area (Å²) >= 11 is 5.05. The van der Waals surface area contributed by atoms with Crippen molar-refractivity contribution in [3.05, 3.63) is 39.5 Å². The van der Waals surface area contributed by atoms with E-state index in [9.17, 15) is 5.11 Å². The predicted molar refractivity (Wildman–Crippen MR) is 59.1 cm³/mol. The number of rotatable bonds is 1. The van der Waals surface area contributed by atoms with Crippen LogP contribution < -0.4 is 0 Å². The molecule has 2 aromatic rings. The third-order valence-corrected chi connectivity index (χ3v) is 3.51. The Morgan fingerprint density at radius 2 is 1.85 bits per heavy atom. The first-order chi connectivity index (χ1) is 6.29. The standard InChI is InChI=1S/C10H7BrOS/c11-9-6-13-5-8(9)7-3-1-2-4-10(7)12/h1-6,12H. The third-order valence-electron chi connectivity index (χ3n) is 1.81. The molecule has 0 radical (unpaired) electrons. The lowest BCUT2D eigenvalue weighted by Gasteiger charge is -2.01. The first-order valence-corrected chi connectivity index (χ1v) is 5.52. The molecule has 0 bridgehead atoms. The van der Waals surface area contributed by atoms with E-state index in [-0.39, 0.29) is 0 Å². The van der Waals surface area contributed by atoms with Crippen LogP contribution in [0.1, 0.15) is 0 Å². The van der Waals surface area contributed by atoms with Gasteiger partial charge >= 0.3 is 0 Å². The summed E-state index contributed by atoms with van der Waals surface area (Å²) < 4.78 is 1.03. The Morgan fingerprint density at radius 1 is 1.08 bits per heavy atom. The average molecular weight is 255 g/mol. The van der Waals surface area contributed by atoms with Crippen molar-refractivity contribution in [2.45, 2.75) is 0 Å². The van der Waals surface area contributed by atoms with Gasteiger partial charge < -0.3 is 5.11 Å². The molecule has 0 aliphatic carbocycles. The summed E-state index contributed by atoms with van der Waals surface area (Å²) in [5.74, 6) is 0.321. The van der Waals surface area contributed by atoms with E-state index in [1.807, 2.05) is 29.0 Å². The quantitative estimate of drug-likeness (QED) is 0.819. The largest absolute Gasteiger partial charge is 0.507 e. The minimum absolute atomic E-state index is 0.321. The summed E-state index contributed by atoms with van der Waals surface area (Å²) in [6, 6.07) is 7.33. The van der Waals surface area contributed by atoms with Crippen LogP contribution in [0.25, 0.3) is 11.1 Å². The maximum Gasteiger partial charge on any atom is 0.123 e. The number of hydrogen-bond acceptors (Lipinski definition) is 2. The molecule has 0 fully saturated rings. The van der Waals surface area contributed by atoms with Crippen LogP contribution in [0.4, 0.5) is 0 Å². The Bertz CT molecular complexity index is 422. The third kappa shape index (κ3) is 1.62. The van der Waals surface area contributed by atoms with Gasteiger partial charge in [0.15, 0.2) is 0 Å². The molecule has 0 spiro atoms. The smallest absolute Gasteiger partial charge is 0.123 e. The second kappa shape index (κ2) is 3.52. The van der Waals surface area contributed by atoms with Gasteiger partial charge in [-0.15, -0.1) is 0 Å². The molecule has 1 heterocycles. The van der Waals surface area contributed by atoms with Crippen LogP contribution in [0.5, 0.6) is 5.75 Å². The first-order valence-electron chi connectivity index (χ1n) is 3.79. The molecule has 1 aromatic heterocycles. The summed E-state index contributed by atoms with van der Waals surface area (Å²) in [5.41, 5.74) is 1.92. The Labute approximate surface area is 88.8 Å². The summed E-state index contributed by atoms with van der Waals surface area (Å²) in [6.45, 7) is 0. The first kappa shape index (κ1) is 8.78. The molecule has 1 nitrogen and oxygen atoms in total. The molecule has 1 aromatic carbocycles. The van der Waals surface area contributed by atoms with Crippen molar-refractivity contribution in [2.75, 3.05) is 0 Å². The Balaban J connectivity index is 2.59.